The largest absolute Gasteiger partial charge is 0.507 e. The Morgan fingerprint density at radius 2 is 1.90 bits per heavy atom. The predicted molar refractivity (Wildman–Crippen MR) is 79.1 cm³/mol. The van der Waals surface area contributed by atoms with Gasteiger partial charge in [0.2, 0.25) is 0 Å². The van der Waals surface area contributed by atoms with Crippen LogP contribution in [0.4, 0.5) is 0 Å². The lowest BCUT2D eigenvalue weighted by Gasteiger charge is -2.13. The summed E-state index contributed by atoms with van der Waals surface area (Å²) in [6, 6.07) is 11.0. The van der Waals surface area contributed by atoms with E-state index in [0.29, 0.717) is 5.56 Å². The van der Waals surface area contributed by atoms with Gasteiger partial charge < -0.3 is 10.2 Å². The van der Waals surface area contributed by atoms with Gasteiger partial charge in [-0.2, -0.15) is 0 Å². The highest BCUT2D eigenvalue weighted by Crippen LogP contribution is 2.34. The lowest BCUT2D eigenvalue weighted by atomic mass is 9.92. The summed E-state index contributed by atoms with van der Waals surface area (Å²) in [5, 5.41) is 19.0. The van der Waals surface area contributed by atoms with Gasteiger partial charge in [-0.25, -0.2) is 4.79 Å². The molecule has 0 unspecified atom stereocenters. The summed E-state index contributed by atoms with van der Waals surface area (Å²) < 4.78 is 0. The van der Waals surface area contributed by atoms with Crippen LogP contribution in [0.3, 0.4) is 0 Å². The van der Waals surface area contributed by atoms with E-state index < -0.39 is 5.97 Å². The number of rotatable bonds is 4. The van der Waals surface area contributed by atoms with Gasteiger partial charge in [-0.05, 0) is 41.7 Å². The van der Waals surface area contributed by atoms with Crippen LogP contribution in [0.2, 0.25) is 0 Å². The van der Waals surface area contributed by atoms with Gasteiger partial charge in [-0.3, -0.25) is 0 Å². The number of phenols is 1. The predicted octanol–water partition coefficient (Wildman–Crippen LogP) is 3.79. The molecule has 2 aromatic carbocycles. The lowest BCUT2D eigenvalue weighted by Crippen LogP contribution is -1.99. The number of aromatic carboxylic acids is 1. The van der Waals surface area contributed by atoms with Crippen LogP contribution in [0.25, 0.3) is 11.1 Å². The molecule has 20 heavy (non-hydrogen) atoms. The molecule has 2 N–H and O–H groups in total. The van der Waals surface area contributed by atoms with Crippen LogP contribution in [0.15, 0.2) is 49.1 Å². The van der Waals surface area contributed by atoms with Gasteiger partial charge in [0.25, 0.3) is 0 Å². The number of carbonyl (C=O) groups is 1. The van der Waals surface area contributed by atoms with Crippen molar-refractivity contribution in [3.05, 3.63) is 65.7 Å². The number of hydrogen-bond acceptors (Lipinski definition) is 2. The van der Waals surface area contributed by atoms with Gasteiger partial charge in [0.05, 0.1) is 0 Å². The Hall–Kier alpha value is -2.55. The van der Waals surface area contributed by atoms with Gasteiger partial charge in [-0.15, -0.1) is 6.58 Å². The number of carboxylic acids is 1. The molecule has 0 spiro atoms. The third-order valence-electron chi connectivity index (χ3n) is 3.33. The molecule has 0 saturated carbocycles. The lowest BCUT2D eigenvalue weighted by molar-refractivity contribution is 0.0693. The van der Waals surface area contributed by atoms with Gasteiger partial charge >= 0.3 is 5.97 Å². The Balaban J connectivity index is 2.62. The van der Waals surface area contributed by atoms with Crippen LogP contribution >= 0.6 is 0 Å². The van der Waals surface area contributed by atoms with E-state index in [9.17, 15) is 9.90 Å². The van der Waals surface area contributed by atoms with E-state index in [1.165, 1.54) is 6.07 Å². The average molecular weight is 268 g/mol. The number of aromatic hydroxyl groups is 1. The molecule has 3 heteroatoms. The topological polar surface area (TPSA) is 57.5 Å². The van der Waals surface area contributed by atoms with Crippen molar-refractivity contribution < 1.29 is 15.0 Å². The normalized spacial score (nSPS) is 10.2. The van der Waals surface area contributed by atoms with Gasteiger partial charge in [0, 0.05) is 0 Å². The zero-order chi connectivity index (χ0) is 14.7. The minimum atomic E-state index is -1.13. The van der Waals surface area contributed by atoms with E-state index in [1.807, 2.05) is 30.3 Å². The minimum absolute atomic E-state index is 0.0764. The summed E-state index contributed by atoms with van der Waals surface area (Å²) in [5.74, 6) is -1.31. The molecular weight excluding hydrogens is 252 g/mol. The maximum Gasteiger partial charge on any atom is 0.339 e. The second-order valence-corrected chi connectivity index (χ2v) is 4.59. The first-order valence-electron chi connectivity index (χ1n) is 6.31. The van der Waals surface area contributed by atoms with E-state index in [1.54, 1.807) is 13.0 Å². The molecule has 0 aliphatic carbocycles. The van der Waals surface area contributed by atoms with Crippen molar-refractivity contribution in [3.8, 4) is 16.9 Å². The highest BCUT2D eigenvalue weighted by Gasteiger charge is 2.16. The zero-order valence-electron chi connectivity index (χ0n) is 11.3. The van der Waals surface area contributed by atoms with Crippen LogP contribution < -0.4 is 0 Å². The molecule has 0 aromatic heterocycles. The second-order valence-electron chi connectivity index (χ2n) is 4.59. The highest BCUT2D eigenvalue weighted by atomic mass is 16.4. The number of benzene rings is 2. The number of carboxylic acid groups (broad SMARTS) is 1. The molecule has 2 aromatic rings. The van der Waals surface area contributed by atoms with Crippen LogP contribution in [0.1, 0.15) is 21.5 Å². The maximum absolute atomic E-state index is 11.0. The molecule has 0 radical (unpaired) electrons. The van der Waals surface area contributed by atoms with Gasteiger partial charge in [0.15, 0.2) is 0 Å². The zero-order valence-corrected chi connectivity index (χ0v) is 11.3. The quantitative estimate of drug-likeness (QED) is 0.829. The molecule has 0 heterocycles. The van der Waals surface area contributed by atoms with E-state index in [4.69, 9.17) is 5.11 Å². The molecule has 0 bridgehead atoms. The summed E-state index contributed by atoms with van der Waals surface area (Å²) in [4.78, 5) is 11.0. The number of allylic oxidation sites excluding steroid dienone is 1. The third kappa shape index (κ3) is 2.43. The Morgan fingerprint density at radius 1 is 1.20 bits per heavy atom. The first-order chi connectivity index (χ1) is 9.56. The molecule has 0 fully saturated rings. The fraction of sp³-hybridized carbons (Fsp3) is 0.118. The van der Waals surface area contributed by atoms with Crippen molar-refractivity contribution >= 4 is 5.97 Å². The van der Waals surface area contributed by atoms with Crippen molar-refractivity contribution in [2.24, 2.45) is 0 Å². The summed E-state index contributed by atoms with van der Waals surface area (Å²) >= 11 is 0. The van der Waals surface area contributed by atoms with Crippen LogP contribution in [-0.4, -0.2) is 16.2 Å². The Bertz CT molecular complexity index is 672. The maximum atomic E-state index is 11.0. The van der Waals surface area contributed by atoms with Crippen molar-refractivity contribution in [2.45, 2.75) is 13.3 Å². The molecular formula is C17H16O3. The SMILES string of the molecule is C=CCc1ccccc1-c1ccc(C(=O)O)c(O)c1C. The Kier molecular flexibility index (Phi) is 3.89. The standard InChI is InChI=1S/C17H16O3/c1-3-6-12-7-4-5-8-14(12)13-9-10-15(17(19)20)16(18)11(13)2/h3-5,7-10,18H,1,6H2,2H3,(H,19,20). The Morgan fingerprint density at radius 3 is 2.55 bits per heavy atom. The molecule has 3 nitrogen and oxygen atoms in total. The van der Waals surface area contributed by atoms with E-state index in [0.717, 1.165) is 23.1 Å². The van der Waals surface area contributed by atoms with E-state index in [2.05, 4.69) is 6.58 Å². The van der Waals surface area contributed by atoms with Crippen LogP contribution in [0, 0.1) is 6.92 Å². The smallest absolute Gasteiger partial charge is 0.339 e. The molecule has 0 atom stereocenters. The highest BCUT2D eigenvalue weighted by molar-refractivity contribution is 5.93. The number of hydrogen-bond donors (Lipinski definition) is 2. The molecule has 0 amide bonds. The molecule has 2 rings (SSSR count). The average Bonchev–Trinajstić information content (AvgIpc) is 2.43. The minimum Gasteiger partial charge on any atom is -0.507 e. The van der Waals surface area contributed by atoms with Crippen LogP contribution in [-0.2, 0) is 6.42 Å². The van der Waals surface area contributed by atoms with Crippen molar-refractivity contribution in [1.82, 2.24) is 0 Å². The first kappa shape index (κ1) is 13.9. The van der Waals surface area contributed by atoms with Crippen molar-refractivity contribution in [3.63, 3.8) is 0 Å². The van der Waals surface area contributed by atoms with Gasteiger partial charge in [-0.1, -0.05) is 36.4 Å². The summed E-state index contributed by atoms with van der Waals surface area (Å²) in [6.07, 6.45) is 2.54. The third-order valence-corrected chi connectivity index (χ3v) is 3.33. The summed E-state index contributed by atoms with van der Waals surface area (Å²) in [7, 11) is 0. The second kappa shape index (κ2) is 5.61. The Labute approximate surface area is 117 Å². The summed E-state index contributed by atoms with van der Waals surface area (Å²) in [6.45, 7) is 5.46. The van der Waals surface area contributed by atoms with Crippen LogP contribution in [0.5, 0.6) is 5.75 Å². The van der Waals surface area contributed by atoms with Crippen molar-refractivity contribution in [1.29, 1.82) is 0 Å². The molecule has 0 aliphatic heterocycles. The molecule has 0 aliphatic rings. The summed E-state index contributed by atoms with van der Waals surface area (Å²) in [5.41, 5.74) is 3.41. The fourth-order valence-corrected chi connectivity index (χ4v) is 2.28. The molecule has 102 valence electrons. The monoisotopic (exact) mass is 268 g/mol. The van der Waals surface area contributed by atoms with E-state index in [-0.39, 0.29) is 11.3 Å². The fourth-order valence-electron chi connectivity index (χ4n) is 2.28. The van der Waals surface area contributed by atoms with E-state index >= 15 is 0 Å². The molecule has 0 saturated heterocycles. The van der Waals surface area contributed by atoms with Crippen molar-refractivity contribution in [2.75, 3.05) is 0 Å². The van der Waals surface area contributed by atoms with Gasteiger partial charge in [0.1, 0.15) is 11.3 Å². The first-order valence-corrected chi connectivity index (χ1v) is 6.31.